The lowest BCUT2D eigenvalue weighted by Gasteiger charge is -2.36. The molecule has 0 bridgehead atoms. The molecule has 1 aromatic rings. The highest BCUT2D eigenvalue weighted by atomic mass is 16.5. The molecule has 1 atom stereocenters. The molecule has 1 aliphatic carbocycles. The highest BCUT2D eigenvalue weighted by Crippen LogP contribution is 2.35. The number of nitrogens with two attached hydrogens (primary N) is 1. The summed E-state index contributed by atoms with van der Waals surface area (Å²) < 4.78 is 5.38. The third-order valence-electron chi connectivity index (χ3n) is 5.86. The smallest absolute Gasteiger partial charge is 0.229 e. The second-order valence-electron chi connectivity index (χ2n) is 7.53. The molecule has 25 heavy (non-hydrogen) atoms. The van der Waals surface area contributed by atoms with E-state index >= 15 is 0 Å². The van der Waals surface area contributed by atoms with Crippen molar-refractivity contribution in [2.24, 2.45) is 11.7 Å². The Balaban J connectivity index is 1.27. The number of carbonyl (C=O) groups excluding carboxylic acids is 2. The van der Waals surface area contributed by atoms with E-state index in [0.29, 0.717) is 19.0 Å². The summed E-state index contributed by atoms with van der Waals surface area (Å²) in [6, 6.07) is 0.212. The molecule has 1 unspecified atom stereocenters. The van der Waals surface area contributed by atoms with E-state index in [0.717, 1.165) is 50.5 Å². The summed E-state index contributed by atoms with van der Waals surface area (Å²) in [5.41, 5.74) is 5.35. The number of carbonyl (C=O) groups is 2. The van der Waals surface area contributed by atoms with Gasteiger partial charge in [-0.3, -0.25) is 14.5 Å². The van der Waals surface area contributed by atoms with Gasteiger partial charge in [0.1, 0.15) is 0 Å². The minimum atomic E-state index is -0.368. The van der Waals surface area contributed by atoms with Gasteiger partial charge < -0.3 is 15.2 Å². The first-order chi connectivity index (χ1) is 12.1. The van der Waals surface area contributed by atoms with Gasteiger partial charge in [0, 0.05) is 38.0 Å². The summed E-state index contributed by atoms with van der Waals surface area (Å²) in [4.78, 5) is 32.1. The number of likely N-dealkylation sites (tertiary alicyclic amines) is 2. The molecule has 136 valence electrons. The van der Waals surface area contributed by atoms with Crippen LogP contribution in [0.4, 0.5) is 0 Å². The number of rotatable bonds is 5. The number of amides is 2. The monoisotopic (exact) mass is 347 g/mol. The zero-order chi connectivity index (χ0) is 17.4. The molecule has 2 aliphatic heterocycles. The fourth-order valence-electron chi connectivity index (χ4n) is 4.02. The molecule has 4 rings (SSSR count). The van der Waals surface area contributed by atoms with Gasteiger partial charge in [0.05, 0.1) is 12.5 Å². The Labute approximate surface area is 146 Å². The van der Waals surface area contributed by atoms with Crippen LogP contribution in [0, 0.1) is 5.92 Å². The molecular formula is C17H25N5O3. The highest BCUT2D eigenvalue weighted by molar-refractivity contribution is 5.88. The second-order valence-corrected chi connectivity index (χ2v) is 7.53. The van der Waals surface area contributed by atoms with Crippen LogP contribution in [0.5, 0.6) is 0 Å². The van der Waals surface area contributed by atoms with Crippen LogP contribution in [-0.4, -0.2) is 57.4 Å². The lowest BCUT2D eigenvalue weighted by Crippen LogP contribution is -2.45. The van der Waals surface area contributed by atoms with Crippen LogP contribution in [0.15, 0.2) is 4.52 Å². The summed E-state index contributed by atoms with van der Waals surface area (Å²) in [6.07, 6.45) is 5.64. The maximum absolute atomic E-state index is 12.1. The molecule has 0 spiro atoms. The first kappa shape index (κ1) is 16.5. The molecule has 8 nitrogen and oxygen atoms in total. The normalized spacial score (nSPS) is 26.2. The van der Waals surface area contributed by atoms with E-state index in [1.807, 2.05) is 4.90 Å². The van der Waals surface area contributed by atoms with Gasteiger partial charge in [-0.2, -0.15) is 4.98 Å². The van der Waals surface area contributed by atoms with E-state index in [1.54, 1.807) is 0 Å². The van der Waals surface area contributed by atoms with Crippen LogP contribution in [0.1, 0.15) is 56.2 Å². The average molecular weight is 347 g/mol. The van der Waals surface area contributed by atoms with Gasteiger partial charge in [-0.05, 0) is 25.7 Å². The molecule has 2 saturated heterocycles. The van der Waals surface area contributed by atoms with Crippen molar-refractivity contribution in [3.8, 4) is 0 Å². The van der Waals surface area contributed by atoms with Crippen molar-refractivity contribution in [1.29, 1.82) is 0 Å². The van der Waals surface area contributed by atoms with Crippen molar-refractivity contribution in [2.45, 2.75) is 57.0 Å². The molecule has 8 heteroatoms. The maximum atomic E-state index is 12.1. The van der Waals surface area contributed by atoms with Crippen molar-refractivity contribution in [3.63, 3.8) is 0 Å². The largest absolute Gasteiger partial charge is 0.369 e. The average Bonchev–Trinajstić information content (AvgIpc) is 3.14. The lowest BCUT2D eigenvalue weighted by molar-refractivity contribution is -0.130. The quantitative estimate of drug-likeness (QED) is 0.838. The molecule has 1 saturated carbocycles. The van der Waals surface area contributed by atoms with Gasteiger partial charge in [0.15, 0.2) is 5.82 Å². The second kappa shape index (κ2) is 6.74. The summed E-state index contributed by atoms with van der Waals surface area (Å²) in [7, 11) is 0. The van der Waals surface area contributed by atoms with E-state index in [-0.39, 0.29) is 30.2 Å². The third-order valence-corrected chi connectivity index (χ3v) is 5.86. The van der Waals surface area contributed by atoms with E-state index in [9.17, 15) is 9.59 Å². The van der Waals surface area contributed by atoms with Gasteiger partial charge in [-0.1, -0.05) is 11.6 Å². The molecule has 2 amide bonds. The molecule has 3 heterocycles. The number of nitrogens with zero attached hydrogens (tertiary/aromatic N) is 4. The highest BCUT2D eigenvalue weighted by Gasteiger charge is 2.38. The Morgan fingerprint density at radius 1 is 1.24 bits per heavy atom. The zero-order valence-electron chi connectivity index (χ0n) is 14.4. The minimum Gasteiger partial charge on any atom is -0.369 e. The fourth-order valence-corrected chi connectivity index (χ4v) is 4.02. The van der Waals surface area contributed by atoms with Gasteiger partial charge in [0.2, 0.25) is 17.7 Å². The number of hydrogen-bond donors (Lipinski definition) is 1. The van der Waals surface area contributed by atoms with Crippen molar-refractivity contribution < 1.29 is 14.1 Å². The van der Waals surface area contributed by atoms with Crippen LogP contribution in [-0.2, 0) is 16.1 Å². The summed E-state index contributed by atoms with van der Waals surface area (Å²) >= 11 is 0. The predicted octanol–water partition coefficient (Wildman–Crippen LogP) is 0.635. The first-order valence-corrected chi connectivity index (χ1v) is 9.24. The number of piperidine rings is 1. The molecule has 3 aliphatic rings. The van der Waals surface area contributed by atoms with Crippen LogP contribution >= 0.6 is 0 Å². The zero-order valence-corrected chi connectivity index (χ0v) is 14.4. The summed E-state index contributed by atoms with van der Waals surface area (Å²) in [6.45, 7) is 2.96. The van der Waals surface area contributed by atoms with Crippen molar-refractivity contribution in [2.75, 3.05) is 19.6 Å². The first-order valence-electron chi connectivity index (χ1n) is 9.24. The third kappa shape index (κ3) is 3.40. The molecule has 0 radical (unpaired) electrons. The number of primary amides is 1. The fraction of sp³-hybridized carbons (Fsp3) is 0.765. The van der Waals surface area contributed by atoms with Crippen LogP contribution in [0.3, 0.4) is 0 Å². The van der Waals surface area contributed by atoms with E-state index in [4.69, 9.17) is 10.3 Å². The molecule has 3 fully saturated rings. The summed E-state index contributed by atoms with van der Waals surface area (Å²) in [5, 5.41) is 4.11. The van der Waals surface area contributed by atoms with Crippen LogP contribution in [0.25, 0.3) is 0 Å². The standard InChI is InChI=1S/C17H25N5O3/c18-16(24)12-8-15(23)22(9-12)13-4-6-21(7-5-13)10-14-19-17(25-20-14)11-2-1-3-11/h11-13H,1-10H2,(H2,18,24). The predicted molar refractivity (Wildman–Crippen MR) is 88.2 cm³/mol. The van der Waals surface area contributed by atoms with Gasteiger partial charge >= 0.3 is 0 Å². The SMILES string of the molecule is NC(=O)C1CC(=O)N(C2CCN(Cc3noc(C4CCC4)n3)CC2)C1. The summed E-state index contributed by atoms with van der Waals surface area (Å²) in [5.74, 6) is 1.38. The molecular weight excluding hydrogens is 322 g/mol. The van der Waals surface area contributed by atoms with Gasteiger partial charge in [-0.25, -0.2) is 0 Å². The van der Waals surface area contributed by atoms with Crippen LogP contribution in [0.2, 0.25) is 0 Å². The van der Waals surface area contributed by atoms with E-state index in [1.165, 1.54) is 6.42 Å². The molecule has 2 N–H and O–H groups in total. The van der Waals surface area contributed by atoms with Gasteiger partial charge in [0.25, 0.3) is 0 Å². The van der Waals surface area contributed by atoms with Crippen molar-refractivity contribution in [1.82, 2.24) is 19.9 Å². The van der Waals surface area contributed by atoms with Gasteiger partial charge in [-0.15, -0.1) is 0 Å². The van der Waals surface area contributed by atoms with E-state index in [2.05, 4.69) is 15.0 Å². The number of hydrogen-bond acceptors (Lipinski definition) is 6. The van der Waals surface area contributed by atoms with Crippen LogP contribution < -0.4 is 5.73 Å². The Hall–Kier alpha value is -1.96. The van der Waals surface area contributed by atoms with Crippen molar-refractivity contribution >= 4 is 11.8 Å². The molecule has 1 aromatic heterocycles. The lowest BCUT2D eigenvalue weighted by atomic mass is 9.85. The Morgan fingerprint density at radius 3 is 2.60 bits per heavy atom. The minimum absolute atomic E-state index is 0.0607. The Kier molecular flexibility index (Phi) is 4.45. The molecule has 0 aromatic carbocycles. The van der Waals surface area contributed by atoms with E-state index < -0.39 is 0 Å². The Morgan fingerprint density at radius 2 is 2.00 bits per heavy atom. The number of aromatic nitrogens is 2. The topological polar surface area (TPSA) is 106 Å². The Bertz CT molecular complexity index is 648. The maximum Gasteiger partial charge on any atom is 0.229 e. The van der Waals surface area contributed by atoms with Crippen molar-refractivity contribution in [3.05, 3.63) is 11.7 Å².